The van der Waals surface area contributed by atoms with E-state index in [-0.39, 0.29) is 25.0 Å². The van der Waals surface area contributed by atoms with Crippen LogP contribution in [0.25, 0.3) is 0 Å². The topological polar surface area (TPSA) is 108 Å². The first-order chi connectivity index (χ1) is 16.0. The molecule has 3 aromatic rings. The molecule has 0 aliphatic rings. The number of primary amides is 1. The summed E-state index contributed by atoms with van der Waals surface area (Å²) in [4.78, 5) is 36.1. The van der Waals surface area contributed by atoms with Gasteiger partial charge in [0.2, 0.25) is 5.91 Å². The van der Waals surface area contributed by atoms with Gasteiger partial charge in [-0.3, -0.25) is 14.4 Å². The van der Waals surface area contributed by atoms with E-state index in [2.05, 4.69) is 5.32 Å². The van der Waals surface area contributed by atoms with Crippen LogP contribution in [0.15, 0.2) is 78.9 Å². The van der Waals surface area contributed by atoms with Crippen LogP contribution in [0, 0.1) is 5.92 Å². The maximum Gasteiger partial charge on any atom is 0.311 e. The van der Waals surface area contributed by atoms with E-state index in [0.717, 1.165) is 5.56 Å². The molecule has 0 fully saturated rings. The van der Waals surface area contributed by atoms with E-state index in [1.165, 1.54) is 0 Å². The number of hydrogen-bond acceptors (Lipinski definition) is 5. The number of nitrogens with two attached hydrogens (primary N) is 1. The zero-order valence-corrected chi connectivity index (χ0v) is 18.3. The second kappa shape index (κ2) is 11.5. The Morgan fingerprint density at radius 3 is 1.97 bits per heavy atom. The Morgan fingerprint density at radius 2 is 1.42 bits per heavy atom. The normalized spacial score (nSPS) is 11.3. The van der Waals surface area contributed by atoms with Crippen LogP contribution in [0.1, 0.15) is 33.2 Å². The highest BCUT2D eigenvalue weighted by atomic mass is 16.5. The Morgan fingerprint density at radius 1 is 0.848 bits per heavy atom. The van der Waals surface area contributed by atoms with Crippen molar-refractivity contribution in [2.75, 3.05) is 13.2 Å². The lowest BCUT2D eigenvalue weighted by Gasteiger charge is -2.16. The quantitative estimate of drug-likeness (QED) is 0.462. The summed E-state index contributed by atoms with van der Waals surface area (Å²) in [5, 5.41) is 2.82. The SMILES string of the molecule is CCOC(=O)C(CNC(=O)c1ccc(Oc2ccc(C(N)=O)cc2)cc1)Cc1ccccc1. The minimum atomic E-state index is -0.508. The predicted molar refractivity (Wildman–Crippen MR) is 124 cm³/mol. The number of carbonyl (C=O) groups is 3. The number of nitrogens with one attached hydrogen (secondary N) is 1. The number of ether oxygens (including phenoxy) is 2. The van der Waals surface area contributed by atoms with Crippen LogP contribution >= 0.6 is 0 Å². The lowest BCUT2D eigenvalue weighted by Crippen LogP contribution is -2.35. The number of hydrogen-bond donors (Lipinski definition) is 2. The standard InChI is InChI=1S/C26H26N2O5/c1-2-32-26(31)21(16-18-6-4-3-5-7-18)17-28-25(30)20-10-14-23(15-11-20)33-22-12-8-19(9-13-22)24(27)29/h3-15,21H,2,16-17H2,1H3,(H2,27,29)(H,28,30). The van der Waals surface area contributed by atoms with Crippen molar-refractivity contribution >= 4 is 17.8 Å². The minimum Gasteiger partial charge on any atom is -0.466 e. The molecule has 0 aliphatic heterocycles. The highest BCUT2D eigenvalue weighted by molar-refractivity contribution is 5.94. The maximum absolute atomic E-state index is 12.6. The van der Waals surface area contributed by atoms with Crippen molar-refractivity contribution in [3.05, 3.63) is 95.6 Å². The summed E-state index contributed by atoms with van der Waals surface area (Å²) in [6.45, 7) is 2.20. The molecule has 1 unspecified atom stereocenters. The number of esters is 1. The molecule has 0 bridgehead atoms. The molecule has 7 heteroatoms. The van der Waals surface area contributed by atoms with Crippen LogP contribution in [0.2, 0.25) is 0 Å². The summed E-state index contributed by atoms with van der Waals surface area (Å²) < 4.78 is 10.9. The monoisotopic (exact) mass is 446 g/mol. The minimum absolute atomic E-state index is 0.164. The molecule has 1 atom stereocenters. The first kappa shape index (κ1) is 23.5. The van der Waals surface area contributed by atoms with Crippen LogP contribution in [-0.4, -0.2) is 30.9 Å². The molecule has 0 saturated heterocycles. The van der Waals surface area contributed by atoms with Crippen molar-refractivity contribution in [3.63, 3.8) is 0 Å². The van der Waals surface area contributed by atoms with Crippen molar-refractivity contribution in [2.24, 2.45) is 11.7 Å². The van der Waals surface area contributed by atoms with Crippen molar-refractivity contribution < 1.29 is 23.9 Å². The molecule has 0 radical (unpaired) electrons. The molecule has 0 saturated carbocycles. The molecule has 0 heterocycles. The van der Waals surface area contributed by atoms with Crippen molar-refractivity contribution in [1.82, 2.24) is 5.32 Å². The summed E-state index contributed by atoms with van der Waals surface area (Å²) in [5.74, 6) is -0.558. The van der Waals surface area contributed by atoms with Gasteiger partial charge in [-0.25, -0.2) is 0 Å². The highest BCUT2D eigenvalue weighted by Crippen LogP contribution is 2.22. The fourth-order valence-electron chi connectivity index (χ4n) is 3.21. The van der Waals surface area contributed by atoms with Gasteiger partial charge in [-0.2, -0.15) is 0 Å². The number of benzene rings is 3. The molecule has 0 aromatic heterocycles. The maximum atomic E-state index is 12.6. The van der Waals surface area contributed by atoms with E-state index >= 15 is 0 Å². The fraction of sp³-hybridized carbons (Fsp3) is 0.192. The van der Waals surface area contributed by atoms with Crippen molar-refractivity contribution in [1.29, 1.82) is 0 Å². The van der Waals surface area contributed by atoms with Crippen molar-refractivity contribution in [3.8, 4) is 11.5 Å². The molecule has 7 nitrogen and oxygen atoms in total. The third-order valence-electron chi connectivity index (χ3n) is 4.94. The summed E-state index contributed by atoms with van der Waals surface area (Å²) in [7, 11) is 0. The van der Waals surface area contributed by atoms with E-state index in [1.54, 1.807) is 55.5 Å². The number of rotatable bonds is 10. The van der Waals surface area contributed by atoms with Crippen LogP contribution < -0.4 is 15.8 Å². The van der Waals surface area contributed by atoms with E-state index in [0.29, 0.717) is 29.0 Å². The van der Waals surface area contributed by atoms with E-state index in [9.17, 15) is 14.4 Å². The highest BCUT2D eigenvalue weighted by Gasteiger charge is 2.21. The lowest BCUT2D eigenvalue weighted by molar-refractivity contribution is -0.147. The van der Waals surface area contributed by atoms with Crippen LogP contribution in [-0.2, 0) is 16.0 Å². The zero-order chi connectivity index (χ0) is 23.6. The Kier molecular flexibility index (Phi) is 8.18. The molecule has 3 rings (SSSR count). The average Bonchev–Trinajstić information content (AvgIpc) is 2.83. The number of amides is 2. The molecule has 0 spiro atoms. The summed E-state index contributed by atoms with van der Waals surface area (Å²) in [6, 6.07) is 22.7. The predicted octanol–water partition coefficient (Wildman–Crippen LogP) is 3.73. The van der Waals surface area contributed by atoms with Crippen LogP contribution in [0.3, 0.4) is 0 Å². The Hall–Kier alpha value is -4.13. The van der Waals surface area contributed by atoms with Gasteiger partial charge >= 0.3 is 5.97 Å². The van der Waals surface area contributed by atoms with E-state index in [1.807, 2.05) is 30.3 Å². The third kappa shape index (κ3) is 6.93. The second-order valence-corrected chi connectivity index (χ2v) is 7.36. The first-order valence-corrected chi connectivity index (χ1v) is 10.6. The molecule has 0 aliphatic carbocycles. The Labute approximate surface area is 192 Å². The Balaban J connectivity index is 1.59. The van der Waals surface area contributed by atoms with Gasteiger partial charge in [0, 0.05) is 17.7 Å². The first-order valence-electron chi connectivity index (χ1n) is 10.6. The summed E-state index contributed by atoms with van der Waals surface area (Å²) >= 11 is 0. The van der Waals surface area contributed by atoms with Gasteiger partial charge in [-0.1, -0.05) is 30.3 Å². The van der Waals surface area contributed by atoms with E-state index in [4.69, 9.17) is 15.2 Å². The van der Waals surface area contributed by atoms with Gasteiger partial charge in [-0.15, -0.1) is 0 Å². The fourth-order valence-corrected chi connectivity index (χ4v) is 3.21. The molecule has 33 heavy (non-hydrogen) atoms. The molecule has 3 aromatic carbocycles. The van der Waals surface area contributed by atoms with Gasteiger partial charge in [-0.05, 0) is 67.4 Å². The second-order valence-electron chi connectivity index (χ2n) is 7.36. The molecular formula is C26H26N2O5. The molecule has 3 N–H and O–H groups in total. The van der Waals surface area contributed by atoms with Gasteiger partial charge in [0.1, 0.15) is 11.5 Å². The van der Waals surface area contributed by atoms with Gasteiger partial charge in [0.05, 0.1) is 12.5 Å². The smallest absolute Gasteiger partial charge is 0.311 e. The van der Waals surface area contributed by atoms with Crippen LogP contribution in [0.5, 0.6) is 11.5 Å². The summed E-state index contributed by atoms with van der Waals surface area (Å²) in [6.07, 6.45) is 0.473. The third-order valence-corrected chi connectivity index (χ3v) is 4.94. The Bertz CT molecular complexity index is 1080. The van der Waals surface area contributed by atoms with E-state index < -0.39 is 11.8 Å². The largest absolute Gasteiger partial charge is 0.466 e. The van der Waals surface area contributed by atoms with Crippen LogP contribution in [0.4, 0.5) is 0 Å². The molecular weight excluding hydrogens is 420 g/mol. The van der Waals surface area contributed by atoms with Gasteiger partial charge in [0.15, 0.2) is 0 Å². The summed E-state index contributed by atoms with van der Waals surface area (Å²) in [5.41, 5.74) is 7.06. The number of carbonyl (C=O) groups excluding carboxylic acids is 3. The lowest BCUT2D eigenvalue weighted by atomic mass is 9.99. The zero-order valence-electron chi connectivity index (χ0n) is 18.3. The van der Waals surface area contributed by atoms with Crippen molar-refractivity contribution in [2.45, 2.75) is 13.3 Å². The average molecular weight is 447 g/mol. The van der Waals surface area contributed by atoms with Gasteiger partial charge in [0.25, 0.3) is 5.91 Å². The van der Waals surface area contributed by atoms with Gasteiger partial charge < -0.3 is 20.5 Å². The molecule has 2 amide bonds. The molecule has 170 valence electrons.